The van der Waals surface area contributed by atoms with E-state index in [1.807, 2.05) is 0 Å². The van der Waals surface area contributed by atoms with Gasteiger partial charge in [-0.1, -0.05) is 0 Å². The van der Waals surface area contributed by atoms with Gasteiger partial charge in [-0.2, -0.15) is 0 Å². The fourth-order valence-corrected chi connectivity index (χ4v) is 0.709. The quantitative estimate of drug-likeness (QED) is 0.430. The zero-order valence-electron chi connectivity index (χ0n) is 8.06. The minimum atomic E-state index is -1.34. The molecule has 0 heterocycles. The largest absolute Gasteiger partial charge is 0.550 e. The van der Waals surface area contributed by atoms with Crippen LogP contribution in [0.3, 0.4) is 0 Å². The first-order valence-corrected chi connectivity index (χ1v) is 4.33. The lowest BCUT2D eigenvalue weighted by molar-refractivity contribution is -0.439. The molecule has 0 bridgehead atoms. The number of esters is 1. The van der Waals surface area contributed by atoms with Crippen molar-refractivity contribution in [1.29, 1.82) is 0 Å². The summed E-state index contributed by atoms with van der Waals surface area (Å²) in [4.78, 5) is 31.0. The highest BCUT2D eigenvalue weighted by Crippen LogP contribution is 1.94. The maximum absolute atomic E-state index is 10.8. The number of carbonyl (C=O) groups excluding carboxylic acids is 3. The van der Waals surface area contributed by atoms with Crippen molar-refractivity contribution in [3.05, 3.63) is 0 Å². The third-order valence-electron chi connectivity index (χ3n) is 1.60. The molecule has 0 unspecified atom stereocenters. The summed E-state index contributed by atoms with van der Waals surface area (Å²) in [6.45, 7) is -0.117. The van der Waals surface area contributed by atoms with Crippen LogP contribution < -0.4 is 15.9 Å². The molecule has 0 aromatic carbocycles. The van der Waals surface area contributed by atoms with Gasteiger partial charge in [0.25, 0.3) is 0 Å². The zero-order valence-corrected chi connectivity index (χ0v) is 8.06. The molecular formula is C8H12NO6-. The summed E-state index contributed by atoms with van der Waals surface area (Å²) in [5.41, 5.74) is 3.25. The van der Waals surface area contributed by atoms with Crippen LogP contribution >= 0.6 is 0 Å². The van der Waals surface area contributed by atoms with Crippen molar-refractivity contribution in [2.24, 2.45) is 0 Å². The Morgan fingerprint density at radius 2 is 1.80 bits per heavy atom. The van der Waals surface area contributed by atoms with Crippen molar-refractivity contribution in [3.8, 4) is 0 Å². The third-order valence-corrected chi connectivity index (χ3v) is 1.60. The van der Waals surface area contributed by atoms with Crippen LogP contribution in [0.2, 0.25) is 0 Å². The second-order valence-corrected chi connectivity index (χ2v) is 2.90. The summed E-state index contributed by atoms with van der Waals surface area (Å²) in [7, 11) is 0. The van der Waals surface area contributed by atoms with E-state index in [9.17, 15) is 24.6 Å². The van der Waals surface area contributed by atoms with Crippen molar-refractivity contribution in [2.45, 2.75) is 25.3 Å². The lowest BCUT2D eigenvalue weighted by Crippen LogP contribution is -2.68. The summed E-state index contributed by atoms with van der Waals surface area (Å²) in [5.74, 6) is -3.36. The highest BCUT2D eigenvalue weighted by Gasteiger charge is 2.09. The summed E-state index contributed by atoms with van der Waals surface area (Å²) < 4.78 is 4.55. The van der Waals surface area contributed by atoms with E-state index in [1.54, 1.807) is 0 Å². The zero-order chi connectivity index (χ0) is 11.8. The van der Waals surface area contributed by atoms with E-state index < -0.39 is 30.4 Å². The fraction of sp³-hybridized carbons (Fsp3) is 0.625. The number of hydrogen-bond acceptors (Lipinski definition) is 6. The Morgan fingerprint density at radius 3 is 2.27 bits per heavy atom. The van der Waals surface area contributed by atoms with Crippen LogP contribution in [0.1, 0.15) is 19.3 Å². The summed E-state index contributed by atoms with van der Waals surface area (Å²) in [5, 5.41) is 20.2. The summed E-state index contributed by atoms with van der Waals surface area (Å²) in [6.07, 6.45) is -0.651. The molecule has 0 aliphatic rings. The first-order valence-electron chi connectivity index (χ1n) is 4.33. The molecular weight excluding hydrogens is 206 g/mol. The second kappa shape index (κ2) is 6.77. The first-order chi connectivity index (χ1) is 6.93. The van der Waals surface area contributed by atoms with Crippen molar-refractivity contribution in [3.63, 3.8) is 0 Å². The number of carboxylic acid groups (broad SMARTS) is 2. The van der Waals surface area contributed by atoms with Crippen LogP contribution in [0.25, 0.3) is 0 Å². The first kappa shape index (κ1) is 13.4. The smallest absolute Gasteiger partial charge is 0.306 e. The van der Waals surface area contributed by atoms with E-state index >= 15 is 0 Å². The predicted molar refractivity (Wildman–Crippen MR) is 41.5 cm³/mol. The Labute approximate surface area is 85.8 Å². The lowest BCUT2D eigenvalue weighted by Gasteiger charge is -2.09. The van der Waals surface area contributed by atoms with Gasteiger partial charge in [-0.25, -0.2) is 0 Å². The van der Waals surface area contributed by atoms with E-state index in [2.05, 4.69) is 10.5 Å². The van der Waals surface area contributed by atoms with Gasteiger partial charge in [0.05, 0.1) is 19.0 Å². The molecule has 1 atom stereocenters. The van der Waals surface area contributed by atoms with Gasteiger partial charge in [0.15, 0.2) is 0 Å². The van der Waals surface area contributed by atoms with Gasteiger partial charge in [0, 0.05) is 12.4 Å². The average molecular weight is 218 g/mol. The van der Waals surface area contributed by atoms with E-state index in [1.165, 1.54) is 0 Å². The Morgan fingerprint density at radius 1 is 1.20 bits per heavy atom. The second-order valence-electron chi connectivity index (χ2n) is 2.90. The fourth-order valence-electron chi connectivity index (χ4n) is 0.709. The molecule has 0 saturated carbocycles. The minimum absolute atomic E-state index is 0.0411. The third kappa shape index (κ3) is 7.44. The molecule has 0 aliphatic carbocycles. The Kier molecular flexibility index (Phi) is 6.03. The van der Waals surface area contributed by atoms with E-state index in [-0.39, 0.29) is 19.4 Å². The monoisotopic (exact) mass is 218 g/mol. The van der Waals surface area contributed by atoms with Gasteiger partial charge < -0.3 is 30.3 Å². The van der Waals surface area contributed by atoms with Crippen molar-refractivity contribution in [1.82, 2.24) is 0 Å². The van der Waals surface area contributed by atoms with Gasteiger partial charge in [-0.05, 0) is 6.42 Å². The molecule has 0 spiro atoms. The molecule has 0 aromatic rings. The SMILES string of the molecule is [NH3+][C@@H](CCOC(=O)CCC(=O)[O-])C(=O)[O-]. The van der Waals surface area contributed by atoms with Crippen LogP contribution in [0, 0.1) is 0 Å². The van der Waals surface area contributed by atoms with Crippen LogP contribution in [-0.2, 0) is 19.1 Å². The molecule has 86 valence electrons. The van der Waals surface area contributed by atoms with Crippen molar-refractivity contribution < 1.29 is 35.1 Å². The number of quaternary nitrogens is 1. The molecule has 0 amide bonds. The van der Waals surface area contributed by atoms with E-state index in [0.717, 1.165) is 0 Å². The highest BCUT2D eigenvalue weighted by molar-refractivity contribution is 5.75. The molecule has 0 saturated heterocycles. The number of ether oxygens (including phenoxy) is 1. The Balaban J connectivity index is 3.55. The predicted octanol–water partition coefficient (Wildman–Crippen LogP) is -4.19. The van der Waals surface area contributed by atoms with Gasteiger partial charge >= 0.3 is 5.97 Å². The Hall–Kier alpha value is -1.63. The number of carboxylic acids is 2. The van der Waals surface area contributed by atoms with Gasteiger partial charge in [0.1, 0.15) is 6.04 Å². The van der Waals surface area contributed by atoms with Gasteiger partial charge in [-0.3, -0.25) is 4.79 Å². The summed E-state index contributed by atoms with van der Waals surface area (Å²) >= 11 is 0. The molecule has 0 radical (unpaired) electrons. The average Bonchev–Trinajstić information content (AvgIpc) is 2.14. The Bertz CT molecular complexity index is 252. The van der Waals surface area contributed by atoms with Crippen molar-refractivity contribution in [2.75, 3.05) is 6.61 Å². The highest BCUT2D eigenvalue weighted by atomic mass is 16.5. The molecule has 0 aliphatic heterocycles. The van der Waals surface area contributed by atoms with Gasteiger partial charge in [-0.15, -0.1) is 0 Å². The lowest BCUT2D eigenvalue weighted by atomic mass is 10.2. The molecule has 0 aromatic heterocycles. The molecule has 15 heavy (non-hydrogen) atoms. The van der Waals surface area contributed by atoms with E-state index in [0.29, 0.717) is 0 Å². The topological polar surface area (TPSA) is 134 Å². The maximum atomic E-state index is 10.8. The molecule has 0 fully saturated rings. The van der Waals surface area contributed by atoms with Crippen LogP contribution in [-0.4, -0.2) is 30.6 Å². The number of rotatable bonds is 7. The maximum Gasteiger partial charge on any atom is 0.306 e. The minimum Gasteiger partial charge on any atom is -0.550 e. The van der Waals surface area contributed by atoms with Gasteiger partial charge in [0.2, 0.25) is 0 Å². The number of aliphatic carboxylic acids is 2. The number of hydrogen-bond donors (Lipinski definition) is 1. The number of carbonyl (C=O) groups is 3. The molecule has 0 rings (SSSR count). The molecule has 3 N–H and O–H groups in total. The van der Waals surface area contributed by atoms with Crippen LogP contribution in [0.5, 0.6) is 0 Å². The van der Waals surface area contributed by atoms with E-state index in [4.69, 9.17) is 0 Å². The standard InChI is InChI=1S/C8H13NO6/c9-5(8(13)14)3-4-15-7(12)2-1-6(10)11/h5H,1-4,9H2,(H,10,11)(H,13,14)/p-1/t5-/m0/s1. The van der Waals surface area contributed by atoms with Crippen LogP contribution in [0.15, 0.2) is 0 Å². The van der Waals surface area contributed by atoms with Crippen molar-refractivity contribution >= 4 is 17.9 Å². The summed E-state index contributed by atoms with van der Waals surface area (Å²) in [6, 6.07) is -0.945. The molecule has 7 nitrogen and oxygen atoms in total. The van der Waals surface area contributed by atoms with Crippen LogP contribution in [0.4, 0.5) is 0 Å². The molecule has 7 heteroatoms. The normalized spacial score (nSPS) is 11.8.